The SMILES string of the molecule is Cc1cccc(CCC(=O)NC(C)(C)C(=O)O)c1. The van der Waals surface area contributed by atoms with E-state index in [-0.39, 0.29) is 5.91 Å². The Labute approximate surface area is 107 Å². The van der Waals surface area contributed by atoms with Crippen LogP contribution < -0.4 is 5.32 Å². The highest BCUT2D eigenvalue weighted by atomic mass is 16.4. The lowest BCUT2D eigenvalue weighted by Crippen LogP contribution is -2.49. The molecule has 1 amide bonds. The number of nitrogens with one attached hydrogen (secondary N) is 1. The molecule has 2 N–H and O–H groups in total. The van der Waals surface area contributed by atoms with E-state index in [2.05, 4.69) is 5.32 Å². The minimum atomic E-state index is -1.22. The summed E-state index contributed by atoms with van der Waals surface area (Å²) >= 11 is 0. The second kappa shape index (κ2) is 5.67. The first-order valence-electron chi connectivity index (χ1n) is 5.91. The number of benzene rings is 1. The molecule has 1 aromatic carbocycles. The van der Waals surface area contributed by atoms with Gasteiger partial charge in [-0.25, -0.2) is 4.79 Å². The summed E-state index contributed by atoms with van der Waals surface area (Å²) in [7, 11) is 0. The average molecular weight is 249 g/mol. The normalized spacial score (nSPS) is 11.1. The molecule has 0 unspecified atom stereocenters. The molecule has 0 aromatic heterocycles. The molecule has 18 heavy (non-hydrogen) atoms. The van der Waals surface area contributed by atoms with Gasteiger partial charge in [0.05, 0.1) is 0 Å². The van der Waals surface area contributed by atoms with Crippen LogP contribution in [0.2, 0.25) is 0 Å². The van der Waals surface area contributed by atoms with Crippen LogP contribution in [0.3, 0.4) is 0 Å². The van der Waals surface area contributed by atoms with Gasteiger partial charge in [0.2, 0.25) is 5.91 Å². The number of amides is 1. The van der Waals surface area contributed by atoms with E-state index in [1.165, 1.54) is 13.8 Å². The van der Waals surface area contributed by atoms with Gasteiger partial charge < -0.3 is 10.4 Å². The number of carbonyl (C=O) groups excluding carboxylic acids is 1. The smallest absolute Gasteiger partial charge is 0.328 e. The van der Waals surface area contributed by atoms with Crippen LogP contribution in [0.5, 0.6) is 0 Å². The molecule has 0 saturated heterocycles. The van der Waals surface area contributed by atoms with E-state index in [1.807, 2.05) is 31.2 Å². The molecule has 0 heterocycles. The Morgan fingerprint density at radius 1 is 1.33 bits per heavy atom. The van der Waals surface area contributed by atoms with Crippen molar-refractivity contribution in [2.45, 2.75) is 39.2 Å². The third-order valence-electron chi connectivity index (χ3n) is 2.71. The maximum atomic E-state index is 11.6. The van der Waals surface area contributed by atoms with Crippen LogP contribution in [0.25, 0.3) is 0 Å². The van der Waals surface area contributed by atoms with Crippen molar-refractivity contribution in [1.82, 2.24) is 5.32 Å². The Hall–Kier alpha value is -1.84. The van der Waals surface area contributed by atoms with Gasteiger partial charge in [0.15, 0.2) is 0 Å². The van der Waals surface area contributed by atoms with Gasteiger partial charge in [0.25, 0.3) is 0 Å². The largest absolute Gasteiger partial charge is 0.480 e. The maximum Gasteiger partial charge on any atom is 0.328 e. The van der Waals surface area contributed by atoms with Crippen molar-refractivity contribution in [2.75, 3.05) is 0 Å². The summed E-state index contributed by atoms with van der Waals surface area (Å²) in [5, 5.41) is 11.4. The number of carboxylic acid groups (broad SMARTS) is 1. The van der Waals surface area contributed by atoms with Crippen molar-refractivity contribution in [3.05, 3.63) is 35.4 Å². The van der Waals surface area contributed by atoms with Crippen molar-refractivity contribution in [3.63, 3.8) is 0 Å². The van der Waals surface area contributed by atoms with Crippen molar-refractivity contribution < 1.29 is 14.7 Å². The highest BCUT2D eigenvalue weighted by Crippen LogP contribution is 2.08. The van der Waals surface area contributed by atoms with Crippen LogP contribution >= 0.6 is 0 Å². The molecule has 0 spiro atoms. The monoisotopic (exact) mass is 249 g/mol. The van der Waals surface area contributed by atoms with E-state index in [1.54, 1.807) is 0 Å². The molecule has 0 aliphatic rings. The van der Waals surface area contributed by atoms with E-state index in [4.69, 9.17) is 5.11 Å². The highest BCUT2D eigenvalue weighted by molar-refractivity contribution is 5.86. The molecule has 4 heteroatoms. The molecule has 4 nitrogen and oxygen atoms in total. The lowest BCUT2D eigenvalue weighted by atomic mass is 10.0. The first-order chi connectivity index (χ1) is 8.31. The van der Waals surface area contributed by atoms with E-state index in [9.17, 15) is 9.59 Å². The molecule has 1 rings (SSSR count). The molecule has 0 aliphatic carbocycles. The summed E-state index contributed by atoms with van der Waals surface area (Å²) in [6.07, 6.45) is 0.906. The fourth-order valence-corrected chi connectivity index (χ4v) is 1.59. The van der Waals surface area contributed by atoms with Crippen LogP contribution in [-0.4, -0.2) is 22.5 Å². The number of aryl methyl sites for hydroxylation is 2. The molecule has 0 radical (unpaired) electrons. The standard InChI is InChI=1S/C14H19NO3/c1-10-5-4-6-11(9-10)7-8-12(16)15-14(2,3)13(17)18/h4-6,9H,7-8H2,1-3H3,(H,15,16)(H,17,18). The quantitative estimate of drug-likeness (QED) is 0.837. The van der Waals surface area contributed by atoms with Gasteiger partial charge in [0, 0.05) is 6.42 Å². The Kier molecular flexibility index (Phi) is 4.48. The third kappa shape index (κ3) is 4.20. The molecule has 0 bridgehead atoms. The predicted molar refractivity (Wildman–Crippen MR) is 69.4 cm³/mol. The fourth-order valence-electron chi connectivity index (χ4n) is 1.59. The summed E-state index contributed by atoms with van der Waals surface area (Å²) in [6, 6.07) is 7.93. The number of rotatable bonds is 5. The van der Waals surface area contributed by atoms with Crippen LogP contribution in [0.4, 0.5) is 0 Å². The zero-order valence-electron chi connectivity index (χ0n) is 11.0. The van der Waals surface area contributed by atoms with E-state index >= 15 is 0 Å². The number of hydrogen-bond acceptors (Lipinski definition) is 2. The van der Waals surface area contributed by atoms with Crippen molar-refractivity contribution >= 4 is 11.9 Å². The van der Waals surface area contributed by atoms with E-state index in [0.717, 1.165) is 11.1 Å². The number of aliphatic carboxylic acids is 1. The molecule has 0 aliphatic heterocycles. The third-order valence-corrected chi connectivity index (χ3v) is 2.71. The number of hydrogen-bond donors (Lipinski definition) is 2. The van der Waals surface area contributed by atoms with Crippen LogP contribution in [-0.2, 0) is 16.0 Å². The second-order valence-electron chi connectivity index (χ2n) is 4.97. The molecule has 98 valence electrons. The van der Waals surface area contributed by atoms with Gasteiger partial charge in [-0.1, -0.05) is 29.8 Å². The Morgan fingerprint density at radius 3 is 2.56 bits per heavy atom. The molecule has 0 fully saturated rings. The van der Waals surface area contributed by atoms with E-state index in [0.29, 0.717) is 12.8 Å². The van der Waals surface area contributed by atoms with Crippen LogP contribution in [0, 0.1) is 6.92 Å². The lowest BCUT2D eigenvalue weighted by Gasteiger charge is -2.20. The Balaban J connectivity index is 2.50. The summed E-state index contributed by atoms with van der Waals surface area (Å²) in [4.78, 5) is 22.5. The van der Waals surface area contributed by atoms with Crippen molar-refractivity contribution in [2.24, 2.45) is 0 Å². The van der Waals surface area contributed by atoms with Crippen molar-refractivity contribution in [1.29, 1.82) is 0 Å². The summed E-state index contributed by atoms with van der Waals surface area (Å²) in [5.74, 6) is -1.28. The second-order valence-corrected chi connectivity index (χ2v) is 4.97. The average Bonchev–Trinajstić information content (AvgIpc) is 2.25. The summed E-state index contributed by atoms with van der Waals surface area (Å²) < 4.78 is 0. The molecule has 0 saturated carbocycles. The zero-order chi connectivity index (χ0) is 13.8. The van der Waals surface area contributed by atoms with Crippen LogP contribution in [0.15, 0.2) is 24.3 Å². The van der Waals surface area contributed by atoms with Gasteiger partial charge in [-0.2, -0.15) is 0 Å². The zero-order valence-corrected chi connectivity index (χ0v) is 11.0. The number of carboxylic acids is 1. The Morgan fingerprint density at radius 2 is 2.00 bits per heavy atom. The predicted octanol–water partition coefficient (Wildman–Crippen LogP) is 1.91. The fraction of sp³-hybridized carbons (Fsp3) is 0.429. The van der Waals surface area contributed by atoms with Gasteiger partial charge in [-0.15, -0.1) is 0 Å². The van der Waals surface area contributed by atoms with E-state index < -0.39 is 11.5 Å². The van der Waals surface area contributed by atoms with Crippen LogP contribution in [0.1, 0.15) is 31.4 Å². The lowest BCUT2D eigenvalue weighted by molar-refractivity contribution is -0.146. The number of carbonyl (C=O) groups is 2. The minimum Gasteiger partial charge on any atom is -0.480 e. The van der Waals surface area contributed by atoms with Gasteiger partial charge in [-0.3, -0.25) is 4.79 Å². The molecular weight excluding hydrogens is 230 g/mol. The highest BCUT2D eigenvalue weighted by Gasteiger charge is 2.28. The molecule has 1 aromatic rings. The Bertz CT molecular complexity index is 452. The molecule has 0 atom stereocenters. The summed E-state index contributed by atoms with van der Waals surface area (Å²) in [6.45, 7) is 4.94. The van der Waals surface area contributed by atoms with Crippen molar-refractivity contribution in [3.8, 4) is 0 Å². The first kappa shape index (κ1) is 14.2. The topological polar surface area (TPSA) is 66.4 Å². The van der Waals surface area contributed by atoms with Gasteiger partial charge >= 0.3 is 5.97 Å². The minimum absolute atomic E-state index is 0.246. The summed E-state index contributed by atoms with van der Waals surface area (Å²) in [5.41, 5.74) is 1.01. The maximum absolute atomic E-state index is 11.6. The first-order valence-corrected chi connectivity index (χ1v) is 5.91. The van der Waals surface area contributed by atoms with Gasteiger partial charge in [-0.05, 0) is 32.8 Å². The van der Waals surface area contributed by atoms with Gasteiger partial charge in [0.1, 0.15) is 5.54 Å². The molecular formula is C14H19NO3.